The summed E-state index contributed by atoms with van der Waals surface area (Å²) in [6, 6.07) is 8.31. The van der Waals surface area contributed by atoms with Gasteiger partial charge in [0.05, 0.1) is 6.33 Å². The SMILES string of the molecule is NCC(=CF)COc1ccc(C23CCCC(C(=O)N4CC5(CCOCC5)C4)(CC2)CC3)cc1. The molecule has 0 unspecified atom stereocenters. The van der Waals surface area contributed by atoms with Crippen LogP contribution < -0.4 is 10.5 Å². The van der Waals surface area contributed by atoms with Gasteiger partial charge < -0.3 is 20.1 Å². The highest BCUT2D eigenvalue weighted by Gasteiger charge is 2.55. The van der Waals surface area contributed by atoms with Crippen LogP contribution in [0.5, 0.6) is 5.75 Å². The molecule has 0 radical (unpaired) electrons. The Kier molecular flexibility index (Phi) is 6.25. The van der Waals surface area contributed by atoms with Crippen LogP contribution in [0.1, 0.15) is 63.4 Å². The molecule has 2 bridgehead atoms. The topological polar surface area (TPSA) is 64.8 Å². The third kappa shape index (κ3) is 4.21. The largest absolute Gasteiger partial charge is 0.489 e. The summed E-state index contributed by atoms with van der Waals surface area (Å²) in [5, 5.41) is 0. The lowest BCUT2D eigenvalue weighted by atomic mass is 9.61. The van der Waals surface area contributed by atoms with Crippen LogP contribution in [0.4, 0.5) is 4.39 Å². The number of rotatable bonds is 6. The standard InChI is InChI=1S/C27H37FN2O3/c28-16-21(17-29)18-33-23-4-2-22(3-5-23)26-6-1-7-27(10-8-26,11-9-26)24(31)30-19-25(20-30)12-14-32-15-13-25/h2-5,16H,1,6-15,17-20,29H2. The average Bonchev–Trinajstić information content (AvgIpc) is 3.16. The predicted octanol–water partition coefficient (Wildman–Crippen LogP) is 4.50. The number of carbonyl (C=O) groups is 1. The summed E-state index contributed by atoms with van der Waals surface area (Å²) >= 11 is 0. The van der Waals surface area contributed by atoms with E-state index in [2.05, 4.69) is 17.0 Å². The Balaban J connectivity index is 1.22. The van der Waals surface area contributed by atoms with Crippen molar-refractivity contribution in [2.75, 3.05) is 39.5 Å². The van der Waals surface area contributed by atoms with Crippen LogP contribution in [0.15, 0.2) is 36.2 Å². The van der Waals surface area contributed by atoms with E-state index in [1.165, 1.54) is 5.56 Å². The Morgan fingerprint density at radius 2 is 1.73 bits per heavy atom. The number of hydrogen-bond donors (Lipinski definition) is 1. The Labute approximate surface area is 196 Å². The smallest absolute Gasteiger partial charge is 0.228 e. The Hall–Kier alpha value is -1.92. The number of benzene rings is 1. The van der Waals surface area contributed by atoms with Crippen LogP contribution in [-0.4, -0.2) is 50.3 Å². The molecule has 0 aromatic heterocycles. The van der Waals surface area contributed by atoms with Gasteiger partial charge in [0, 0.05) is 49.3 Å². The number of hydrogen-bond acceptors (Lipinski definition) is 4. The van der Waals surface area contributed by atoms with Crippen molar-refractivity contribution in [1.82, 2.24) is 4.90 Å². The third-order valence-electron chi connectivity index (χ3n) is 9.13. The van der Waals surface area contributed by atoms with E-state index in [1.807, 2.05) is 12.1 Å². The fraction of sp³-hybridized carbons (Fsp3) is 0.667. The third-order valence-corrected chi connectivity index (χ3v) is 9.13. The summed E-state index contributed by atoms with van der Waals surface area (Å²) in [6.07, 6.45) is 10.2. The fourth-order valence-electron chi connectivity index (χ4n) is 6.80. The van der Waals surface area contributed by atoms with Gasteiger partial charge in [0.25, 0.3) is 0 Å². The van der Waals surface area contributed by atoms with Gasteiger partial charge >= 0.3 is 0 Å². The van der Waals surface area contributed by atoms with Gasteiger partial charge in [-0.25, -0.2) is 4.39 Å². The highest BCUT2D eigenvalue weighted by atomic mass is 19.1. The van der Waals surface area contributed by atoms with Crippen molar-refractivity contribution in [3.63, 3.8) is 0 Å². The summed E-state index contributed by atoms with van der Waals surface area (Å²) in [5.74, 6) is 1.16. The maximum atomic E-state index is 13.6. The van der Waals surface area contributed by atoms with Gasteiger partial charge in [-0.15, -0.1) is 0 Å². The molecule has 0 atom stereocenters. The minimum atomic E-state index is -0.146. The first kappa shape index (κ1) is 22.9. The minimum absolute atomic E-state index is 0.146. The second-order valence-electron chi connectivity index (χ2n) is 11.0. The normalized spacial score (nSPS) is 31.2. The van der Waals surface area contributed by atoms with Crippen LogP contribution in [0.2, 0.25) is 0 Å². The van der Waals surface area contributed by atoms with E-state index in [0.717, 1.165) is 89.8 Å². The lowest BCUT2D eigenvalue weighted by Gasteiger charge is -2.55. The molecule has 2 aliphatic heterocycles. The highest BCUT2D eigenvalue weighted by molar-refractivity contribution is 5.84. The number of nitrogens with zero attached hydrogens (tertiary/aromatic N) is 1. The van der Waals surface area contributed by atoms with E-state index in [4.69, 9.17) is 15.2 Å². The second kappa shape index (κ2) is 9.03. The molecule has 1 aromatic carbocycles. The van der Waals surface area contributed by atoms with Crippen LogP contribution in [-0.2, 0) is 14.9 Å². The second-order valence-corrected chi connectivity index (χ2v) is 11.0. The highest BCUT2D eigenvalue weighted by Crippen LogP contribution is 2.57. The molecule has 180 valence electrons. The predicted molar refractivity (Wildman–Crippen MR) is 126 cm³/mol. The Morgan fingerprint density at radius 3 is 2.36 bits per heavy atom. The van der Waals surface area contributed by atoms with Gasteiger partial charge in [-0.3, -0.25) is 4.79 Å². The number of ether oxygens (including phenoxy) is 2. The molecule has 5 aliphatic rings. The number of amides is 1. The van der Waals surface area contributed by atoms with E-state index in [9.17, 15) is 9.18 Å². The number of halogens is 1. The van der Waals surface area contributed by atoms with Crippen molar-refractivity contribution in [3.8, 4) is 5.75 Å². The zero-order valence-electron chi connectivity index (χ0n) is 19.6. The molecule has 3 aliphatic carbocycles. The molecule has 6 rings (SSSR count). The van der Waals surface area contributed by atoms with E-state index in [1.54, 1.807) is 0 Å². The van der Waals surface area contributed by atoms with Crippen LogP contribution in [0.25, 0.3) is 0 Å². The number of fused-ring (bicyclic) bond motifs is 4. The van der Waals surface area contributed by atoms with Crippen molar-refractivity contribution >= 4 is 5.91 Å². The lowest BCUT2D eigenvalue weighted by molar-refractivity contribution is -0.163. The number of likely N-dealkylation sites (tertiary alicyclic amines) is 1. The molecular formula is C27H37FN2O3. The minimum Gasteiger partial charge on any atom is -0.489 e. The van der Waals surface area contributed by atoms with Crippen molar-refractivity contribution in [1.29, 1.82) is 0 Å². The van der Waals surface area contributed by atoms with E-state index in [-0.39, 0.29) is 24.0 Å². The molecule has 3 saturated carbocycles. The van der Waals surface area contributed by atoms with Crippen LogP contribution in [0, 0.1) is 10.8 Å². The van der Waals surface area contributed by atoms with Crippen molar-refractivity contribution in [2.45, 2.75) is 63.2 Å². The molecule has 33 heavy (non-hydrogen) atoms. The summed E-state index contributed by atoms with van der Waals surface area (Å²) < 4.78 is 23.9. The Morgan fingerprint density at radius 1 is 1.03 bits per heavy atom. The van der Waals surface area contributed by atoms with Crippen molar-refractivity contribution in [2.24, 2.45) is 16.6 Å². The van der Waals surface area contributed by atoms with Gasteiger partial charge in [0.2, 0.25) is 5.91 Å². The van der Waals surface area contributed by atoms with Gasteiger partial charge in [-0.2, -0.15) is 0 Å². The maximum Gasteiger partial charge on any atom is 0.228 e. The molecule has 2 heterocycles. The monoisotopic (exact) mass is 456 g/mol. The summed E-state index contributed by atoms with van der Waals surface area (Å²) in [4.78, 5) is 15.8. The first-order valence-corrected chi connectivity index (χ1v) is 12.6. The summed E-state index contributed by atoms with van der Waals surface area (Å²) in [7, 11) is 0. The first-order chi connectivity index (χ1) is 16.0. The summed E-state index contributed by atoms with van der Waals surface area (Å²) in [6.45, 7) is 3.90. The van der Waals surface area contributed by atoms with Crippen molar-refractivity contribution in [3.05, 3.63) is 41.7 Å². The van der Waals surface area contributed by atoms with Crippen LogP contribution in [0.3, 0.4) is 0 Å². The van der Waals surface area contributed by atoms with E-state index in [0.29, 0.717) is 23.2 Å². The number of carbonyl (C=O) groups excluding carboxylic acids is 1. The maximum absolute atomic E-state index is 13.6. The molecule has 2 saturated heterocycles. The average molecular weight is 457 g/mol. The molecule has 1 amide bonds. The first-order valence-electron chi connectivity index (χ1n) is 12.6. The molecule has 2 N–H and O–H groups in total. The zero-order valence-corrected chi connectivity index (χ0v) is 19.6. The zero-order chi connectivity index (χ0) is 22.9. The van der Waals surface area contributed by atoms with Gasteiger partial charge in [0.1, 0.15) is 12.4 Å². The molecule has 1 spiro atoms. The van der Waals surface area contributed by atoms with Gasteiger partial charge in [0.15, 0.2) is 0 Å². The molecule has 5 fully saturated rings. The van der Waals surface area contributed by atoms with Gasteiger partial charge in [-0.05, 0) is 74.5 Å². The lowest BCUT2D eigenvalue weighted by Crippen LogP contribution is -2.63. The van der Waals surface area contributed by atoms with E-state index < -0.39 is 0 Å². The molecular weight excluding hydrogens is 419 g/mol. The number of nitrogens with two attached hydrogens (primary N) is 1. The quantitative estimate of drug-likeness (QED) is 0.685. The summed E-state index contributed by atoms with van der Waals surface area (Å²) in [5.41, 5.74) is 7.65. The van der Waals surface area contributed by atoms with Crippen molar-refractivity contribution < 1.29 is 18.7 Å². The van der Waals surface area contributed by atoms with Crippen LogP contribution >= 0.6 is 0 Å². The molecule has 5 nitrogen and oxygen atoms in total. The van der Waals surface area contributed by atoms with Gasteiger partial charge in [-0.1, -0.05) is 18.6 Å². The fourth-order valence-corrected chi connectivity index (χ4v) is 6.80. The Bertz CT molecular complexity index is 875. The molecule has 6 heteroatoms. The molecule has 1 aromatic rings. The van der Waals surface area contributed by atoms with E-state index >= 15 is 0 Å².